The predicted octanol–water partition coefficient (Wildman–Crippen LogP) is 4.24. The van der Waals surface area contributed by atoms with Crippen LogP contribution in [0.15, 0.2) is 29.4 Å². The number of carbonyl (C=O) groups excluding carboxylic acids is 1. The molecule has 2 aromatic rings. The first-order chi connectivity index (χ1) is 12.7. The van der Waals surface area contributed by atoms with Gasteiger partial charge in [-0.15, -0.1) is 10.2 Å². The molecule has 0 spiro atoms. The van der Waals surface area contributed by atoms with Crippen molar-refractivity contribution in [3.8, 4) is 5.75 Å². The fourth-order valence-electron chi connectivity index (χ4n) is 2.57. The SMILES string of the molecule is CC(Sc1nnc(COc2ccccc2Cl)n1C1CC1)C(=O)NC(C)(C)C. The molecule has 1 fully saturated rings. The van der Waals surface area contributed by atoms with Crippen LogP contribution in [0.3, 0.4) is 0 Å². The number of para-hydroxylation sites is 1. The van der Waals surface area contributed by atoms with Gasteiger partial charge in [-0.05, 0) is 52.7 Å². The summed E-state index contributed by atoms with van der Waals surface area (Å²) >= 11 is 7.58. The van der Waals surface area contributed by atoms with E-state index in [1.807, 2.05) is 45.9 Å². The number of amides is 1. The fraction of sp³-hybridized carbons (Fsp3) is 0.526. The second-order valence-electron chi connectivity index (χ2n) is 7.72. The number of hydrogen-bond acceptors (Lipinski definition) is 5. The molecule has 1 atom stereocenters. The van der Waals surface area contributed by atoms with Crippen LogP contribution in [-0.4, -0.2) is 31.5 Å². The van der Waals surface area contributed by atoms with Gasteiger partial charge in [-0.2, -0.15) is 0 Å². The third kappa shape index (κ3) is 5.39. The summed E-state index contributed by atoms with van der Waals surface area (Å²) in [5.74, 6) is 1.37. The first-order valence-corrected chi connectivity index (χ1v) is 10.3. The van der Waals surface area contributed by atoms with E-state index < -0.39 is 0 Å². The monoisotopic (exact) mass is 408 g/mol. The van der Waals surface area contributed by atoms with Crippen molar-refractivity contribution in [3.05, 3.63) is 35.1 Å². The molecular formula is C19H25ClN4O2S. The van der Waals surface area contributed by atoms with Gasteiger partial charge < -0.3 is 10.1 Å². The van der Waals surface area contributed by atoms with Crippen LogP contribution >= 0.6 is 23.4 Å². The van der Waals surface area contributed by atoms with Crippen LogP contribution in [0.1, 0.15) is 52.4 Å². The van der Waals surface area contributed by atoms with E-state index in [0.717, 1.165) is 23.8 Å². The molecule has 3 rings (SSSR count). The standard InChI is InChI=1S/C19H25ClN4O2S/c1-12(17(25)21-19(2,3)4)27-18-23-22-16(24(18)13-9-10-13)11-26-15-8-6-5-7-14(15)20/h5-8,12-13H,9-11H2,1-4H3,(H,21,25). The largest absolute Gasteiger partial charge is 0.484 e. The van der Waals surface area contributed by atoms with E-state index in [-0.39, 0.29) is 23.3 Å². The molecule has 0 bridgehead atoms. The summed E-state index contributed by atoms with van der Waals surface area (Å²) in [6.45, 7) is 8.09. The van der Waals surface area contributed by atoms with Crippen LogP contribution in [0.5, 0.6) is 5.75 Å². The van der Waals surface area contributed by atoms with Gasteiger partial charge in [0, 0.05) is 11.6 Å². The lowest BCUT2D eigenvalue weighted by atomic mass is 10.1. The molecule has 1 N–H and O–H groups in total. The molecule has 27 heavy (non-hydrogen) atoms. The first-order valence-electron chi connectivity index (χ1n) is 9.04. The number of nitrogens with one attached hydrogen (secondary N) is 1. The van der Waals surface area contributed by atoms with Crippen LogP contribution in [0.25, 0.3) is 0 Å². The van der Waals surface area contributed by atoms with Crippen molar-refractivity contribution in [1.29, 1.82) is 0 Å². The average Bonchev–Trinajstić information content (AvgIpc) is 3.34. The molecule has 1 heterocycles. The number of carbonyl (C=O) groups is 1. The van der Waals surface area contributed by atoms with Crippen LogP contribution < -0.4 is 10.1 Å². The zero-order valence-electron chi connectivity index (χ0n) is 16.0. The highest BCUT2D eigenvalue weighted by molar-refractivity contribution is 8.00. The minimum absolute atomic E-state index is 0.00767. The summed E-state index contributed by atoms with van der Waals surface area (Å²) in [6.07, 6.45) is 2.18. The zero-order valence-corrected chi connectivity index (χ0v) is 17.6. The van der Waals surface area contributed by atoms with Gasteiger partial charge in [0.1, 0.15) is 12.4 Å². The summed E-state index contributed by atoms with van der Waals surface area (Å²) in [5.41, 5.74) is -0.260. The highest BCUT2D eigenvalue weighted by Gasteiger charge is 2.31. The Labute approximate surface area is 169 Å². The van der Waals surface area contributed by atoms with Crippen LogP contribution in [0.2, 0.25) is 5.02 Å². The van der Waals surface area contributed by atoms with Crippen molar-refractivity contribution >= 4 is 29.3 Å². The lowest BCUT2D eigenvalue weighted by molar-refractivity contribution is -0.121. The van der Waals surface area contributed by atoms with E-state index in [1.165, 1.54) is 11.8 Å². The molecule has 1 aromatic carbocycles. The van der Waals surface area contributed by atoms with Crippen molar-refractivity contribution < 1.29 is 9.53 Å². The van der Waals surface area contributed by atoms with E-state index in [9.17, 15) is 4.79 Å². The molecule has 1 unspecified atom stereocenters. The van der Waals surface area contributed by atoms with E-state index in [1.54, 1.807) is 6.07 Å². The molecular weight excluding hydrogens is 384 g/mol. The van der Waals surface area contributed by atoms with E-state index in [4.69, 9.17) is 16.3 Å². The highest BCUT2D eigenvalue weighted by atomic mass is 35.5. The maximum absolute atomic E-state index is 12.4. The normalized spacial score (nSPS) is 15.4. The maximum Gasteiger partial charge on any atom is 0.233 e. The molecule has 1 aliphatic carbocycles. The number of nitrogens with zero attached hydrogens (tertiary/aromatic N) is 3. The van der Waals surface area contributed by atoms with Gasteiger partial charge in [0.2, 0.25) is 5.91 Å². The molecule has 0 saturated heterocycles. The Morgan fingerprint density at radius 2 is 2.07 bits per heavy atom. The summed E-state index contributed by atoms with van der Waals surface area (Å²) < 4.78 is 7.93. The number of ether oxygens (including phenoxy) is 1. The van der Waals surface area contributed by atoms with Crippen molar-refractivity contribution in [2.75, 3.05) is 0 Å². The van der Waals surface area contributed by atoms with Crippen LogP contribution in [0, 0.1) is 0 Å². The summed E-state index contributed by atoms with van der Waals surface area (Å²) in [7, 11) is 0. The number of aromatic nitrogens is 3. The molecule has 1 saturated carbocycles. The van der Waals surface area contributed by atoms with E-state index >= 15 is 0 Å². The number of benzene rings is 1. The second-order valence-corrected chi connectivity index (χ2v) is 9.43. The lowest BCUT2D eigenvalue weighted by Crippen LogP contribution is -2.44. The molecule has 146 valence electrons. The quantitative estimate of drug-likeness (QED) is 0.694. The van der Waals surface area contributed by atoms with Crippen molar-refractivity contribution in [3.63, 3.8) is 0 Å². The van der Waals surface area contributed by atoms with Crippen LogP contribution in [0.4, 0.5) is 0 Å². The van der Waals surface area contributed by atoms with E-state index in [2.05, 4.69) is 20.1 Å². The van der Waals surface area contributed by atoms with Gasteiger partial charge in [0.05, 0.1) is 10.3 Å². The minimum atomic E-state index is -0.261. The van der Waals surface area contributed by atoms with Crippen molar-refractivity contribution in [2.45, 2.75) is 69.1 Å². The van der Waals surface area contributed by atoms with Gasteiger partial charge >= 0.3 is 0 Å². The molecule has 0 aliphatic heterocycles. The van der Waals surface area contributed by atoms with Gasteiger partial charge in [-0.25, -0.2) is 0 Å². The van der Waals surface area contributed by atoms with Crippen molar-refractivity contribution in [1.82, 2.24) is 20.1 Å². The average molecular weight is 409 g/mol. The fourth-order valence-corrected chi connectivity index (χ4v) is 3.70. The Hall–Kier alpha value is -1.73. The second kappa shape index (κ2) is 8.10. The Morgan fingerprint density at radius 1 is 1.37 bits per heavy atom. The van der Waals surface area contributed by atoms with Crippen molar-refractivity contribution in [2.24, 2.45) is 0 Å². The topological polar surface area (TPSA) is 69.0 Å². The third-order valence-corrected chi connectivity index (χ3v) is 5.36. The summed E-state index contributed by atoms with van der Waals surface area (Å²) in [4.78, 5) is 12.4. The number of halogens is 1. The highest BCUT2D eigenvalue weighted by Crippen LogP contribution is 2.39. The lowest BCUT2D eigenvalue weighted by Gasteiger charge is -2.23. The zero-order chi connectivity index (χ0) is 19.6. The molecule has 1 aromatic heterocycles. The number of rotatable bonds is 7. The number of thioether (sulfide) groups is 1. The molecule has 1 amide bonds. The smallest absolute Gasteiger partial charge is 0.233 e. The summed E-state index contributed by atoms with van der Waals surface area (Å²) in [5, 5.41) is 12.7. The van der Waals surface area contributed by atoms with Gasteiger partial charge in [-0.3, -0.25) is 9.36 Å². The Morgan fingerprint density at radius 3 is 2.70 bits per heavy atom. The Balaban J connectivity index is 1.70. The first kappa shape index (κ1) is 20.0. The van der Waals surface area contributed by atoms with E-state index in [0.29, 0.717) is 16.8 Å². The Bertz CT molecular complexity index is 814. The molecule has 6 nitrogen and oxygen atoms in total. The minimum Gasteiger partial charge on any atom is -0.484 e. The molecule has 1 aliphatic rings. The Kier molecular flexibility index (Phi) is 6.01. The van der Waals surface area contributed by atoms with Gasteiger partial charge in [0.15, 0.2) is 11.0 Å². The number of hydrogen-bond donors (Lipinski definition) is 1. The maximum atomic E-state index is 12.4. The van der Waals surface area contributed by atoms with Crippen LogP contribution in [-0.2, 0) is 11.4 Å². The van der Waals surface area contributed by atoms with Gasteiger partial charge in [-0.1, -0.05) is 35.5 Å². The predicted molar refractivity (Wildman–Crippen MR) is 107 cm³/mol. The molecule has 8 heteroatoms. The molecule has 0 radical (unpaired) electrons. The van der Waals surface area contributed by atoms with Gasteiger partial charge in [0.25, 0.3) is 0 Å². The third-order valence-electron chi connectivity index (χ3n) is 3.99. The summed E-state index contributed by atoms with van der Waals surface area (Å²) in [6, 6.07) is 7.74.